The quantitative estimate of drug-likeness (QED) is 0.441. The van der Waals surface area contributed by atoms with Crippen LogP contribution in [0.5, 0.6) is 0 Å². The molecule has 0 saturated heterocycles. The van der Waals surface area contributed by atoms with Gasteiger partial charge in [0.05, 0.1) is 5.75 Å². The number of pyridine rings is 1. The van der Waals surface area contributed by atoms with Crippen LogP contribution in [0, 0.1) is 0 Å². The summed E-state index contributed by atoms with van der Waals surface area (Å²) in [6, 6.07) is 10.2. The molecule has 1 aromatic carbocycles. The predicted molar refractivity (Wildman–Crippen MR) is 124 cm³/mol. The van der Waals surface area contributed by atoms with Crippen molar-refractivity contribution in [3.05, 3.63) is 53.7 Å². The molecule has 8 nitrogen and oxygen atoms in total. The van der Waals surface area contributed by atoms with Crippen molar-refractivity contribution in [2.24, 2.45) is 0 Å². The Labute approximate surface area is 186 Å². The van der Waals surface area contributed by atoms with Gasteiger partial charge in [0.1, 0.15) is 10.7 Å². The van der Waals surface area contributed by atoms with Crippen LogP contribution in [0.2, 0.25) is 0 Å². The van der Waals surface area contributed by atoms with Gasteiger partial charge in [-0.1, -0.05) is 38.1 Å². The second-order valence-electron chi connectivity index (χ2n) is 7.72. The number of hydrogen-bond donors (Lipinski definition) is 3. The molecule has 0 aliphatic heterocycles. The Bertz CT molecular complexity index is 1030. The van der Waals surface area contributed by atoms with Crippen LogP contribution in [0.25, 0.3) is 0 Å². The molecule has 1 heterocycles. The fraction of sp³-hybridized carbons (Fsp3) is 0.476. The molecule has 3 N–H and O–H groups in total. The number of anilines is 1. The van der Waals surface area contributed by atoms with Gasteiger partial charge in [0.25, 0.3) is 0 Å². The summed E-state index contributed by atoms with van der Waals surface area (Å²) in [6.45, 7) is 7.92. The molecule has 0 bridgehead atoms. The zero-order valence-corrected chi connectivity index (χ0v) is 20.1. The van der Waals surface area contributed by atoms with Crippen molar-refractivity contribution >= 4 is 25.9 Å². The molecule has 0 aliphatic carbocycles. The smallest absolute Gasteiger partial charge is 0.242 e. The molecule has 1 aromatic heterocycles. The molecule has 10 heteroatoms. The topological polar surface area (TPSA) is 117 Å². The summed E-state index contributed by atoms with van der Waals surface area (Å²) in [6.07, 6.45) is 2.78. The highest BCUT2D eigenvalue weighted by Gasteiger charge is 2.18. The van der Waals surface area contributed by atoms with E-state index in [-0.39, 0.29) is 22.7 Å². The lowest BCUT2D eigenvalue weighted by Gasteiger charge is -2.15. The maximum Gasteiger partial charge on any atom is 0.242 e. The van der Waals surface area contributed by atoms with Crippen molar-refractivity contribution < 1.29 is 16.8 Å². The molecule has 0 spiro atoms. The normalized spacial score (nSPS) is 12.5. The summed E-state index contributed by atoms with van der Waals surface area (Å²) in [5.74, 6) is 0.482. The summed E-state index contributed by atoms with van der Waals surface area (Å²) in [4.78, 5) is 4.32. The third-order valence-electron chi connectivity index (χ3n) is 4.62. The van der Waals surface area contributed by atoms with Crippen LogP contribution in [0.4, 0.5) is 5.82 Å². The van der Waals surface area contributed by atoms with Gasteiger partial charge in [-0.2, -0.15) is 0 Å². The van der Waals surface area contributed by atoms with E-state index >= 15 is 0 Å². The first-order valence-corrected chi connectivity index (χ1v) is 13.5. The average molecular weight is 469 g/mol. The fourth-order valence-electron chi connectivity index (χ4n) is 2.95. The molecule has 0 fully saturated rings. The van der Waals surface area contributed by atoms with E-state index in [4.69, 9.17) is 0 Å². The third-order valence-corrected chi connectivity index (χ3v) is 7.67. The highest BCUT2D eigenvalue weighted by molar-refractivity contribution is 7.89. The zero-order valence-electron chi connectivity index (χ0n) is 18.4. The summed E-state index contributed by atoms with van der Waals surface area (Å²) >= 11 is 0. The van der Waals surface area contributed by atoms with Crippen LogP contribution < -0.4 is 14.8 Å². The van der Waals surface area contributed by atoms with Crippen LogP contribution in [-0.2, 0) is 32.3 Å². The molecule has 0 amide bonds. The van der Waals surface area contributed by atoms with E-state index in [1.807, 2.05) is 26.0 Å². The fourth-order valence-corrected chi connectivity index (χ4v) is 5.73. The lowest BCUT2D eigenvalue weighted by molar-refractivity contribution is 0.530. The first-order valence-electron chi connectivity index (χ1n) is 10.3. The van der Waals surface area contributed by atoms with Crippen molar-refractivity contribution in [2.75, 3.05) is 5.32 Å². The molecule has 0 unspecified atom stereocenters. The zero-order chi connectivity index (χ0) is 23.1. The van der Waals surface area contributed by atoms with Gasteiger partial charge in [0.15, 0.2) is 0 Å². The van der Waals surface area contributed by atoms with Crippen LogP contribution >= 0.6 is 0 Å². The Morgan fingerprint density at radius 1 is 0.871 bits per heavy atom. The largest absolute Gasteiger partial charge is 0.366 e. The van der Waals surface area contributed by atoms with Crippen molar-refractivity contribution in [1.29, 1.82) is 0 Å². The van der Waals surface area contributed by atoms with Gasteiger partial charge in [-0.05, 0) is 49.9 Å². The molecule has 0 saturated carbocycles. The van der Waals surface area contributed by atoms with Gasteiger partial charge in [-0.3, -0.25) is 0 Å². The number of nitrogens with one attached hydrogen (secondary N) is 3. The van der Waals surface area contributed by atoms with E-state index in [1.54, 1.807) is 32.0 Å². The molecule has 0 radical (unpaired) electrons. The van der Waals surface area contributed by atoms with Gasteiger partial charge < -0.3 is 5.32 Å². The molecule has 0 atom stereocenters. The van der Waals surface area contributed by atoms with Crippen molar-refractivity contribution in [1.82, 2.24) is 14.4 Å². The highest BCUT2D eigenvalue weighted by atomic mass is 32.2. The molecule has 0 aliphatic rings. The first kappa shape index (κ1) is 25.3. The summed E-state index contributed by atoms with van der Waals surface area (Å²) < 4.78 is 54.1. The molecule has 31 heavy (non-hydrogen) atoms. The van der Waals surface area contributed by atoms with Crippen molar-refractivity contribution in [3.63, 3.8) is 0 Å². The maximum absolute atomic E-state index is 12.4. The van der Waals surface area contributed by atoms with Gasteiger partial charge in [0.2, 0.25) is 20.0 Å². The molecular weight excluding hydrogens is 436 g/mol. The van der Waals surface area contributed by atoms with E-state index in [2.05, 4.69) is 19.7 Å². The minimum absolute atomic E-state index is 0.0681. The number of aromatic nitrogens is 1. The Balaban J connectivity index is 1.95. The van der Waals surface area contributed by atoms with Crippen LogP contribution in [-0.4, -0.2) is 33.9 Å². The number of sulfonamides is 2. The minimum Gasteiger partial charge on any atom is -0.366 e. The standard InChI is InChI=1S/C21H32N4O4S2/c1-5-19(6-2)25-31(28,29)20-11-12-21(23-14-20)22-13-17-7-9-18(10-8-17)15-30(26,27)24-16(3)4/h7-12,14,16,19,24-25H,5-6,13,15H2,1-4H3,(H,22,23). The lowest BCUT2D eigenvalue weighted by atomic mass is 10.1. The Morgan fingerprint density at radius 2 is 1.48 bits per heavy atom. The predicted octanol–water partition coefficient (Wildman–Crippen LogP) is 2.99. The summed E-state index contributed by atoms with van der Waals surface area (Å²) in [5.41, 5.74) is 1.65. The number of benzene rings is 1. The second-order valence-corrected chi connectivity index (χ2v) is 11.2. The lowest BCUT2D eigenvalue weighted by Crippen LogP contribution is -2.33. The Kier molecular flexibility index (Phi) is 8.99. The van der Waals surface area contributed by atoms with Gasteiger partial charge >= 0.3 is 0 Å². The van der Waals surface area contributed by atoms with Gasteiger partial charge in [0, 0.05) is 24.8 Å². The van der Waals surface area contributed by atoms with Crippen molar-refractivity contribution in [2.45, 2.75) is 69.8 Å². The third kappa shape index (κ3) is 8.21. The maximum atomic E-state index is 12.4. The van der Waals surface area contributed by atoms with Crippen molar-refractivity contribution in [3.8, 4) is 0 Å². The van der Waals surface area contributed by atoms with E-state index < -0.39 is 20.0 Å². The first-order chi connectivity index (χ1) is 14.5. The summed E-state index contributed by atoms with van der Waals surface area (Å²) in [5, 5.41) is 3.14. The number of nitrogens with zero attached hydrogens (tertiary/aromatic N) is 1. The second kappa shape index (κ2) is 11.0. The Hall–Kier alpha value is -2.01. The van der Waals surface area contributed by atoms with E-state index in [1.165, 1.54) is 12.3 Å². The average Bonchev–Trinajstić information content (AvgIpc) is 2.70. The molecule has 172 valence electrons. The van der Waals surface area contributed by atoms with Gasteiger partial charge in [-0.25, -0.2) is 31.3 Å². The summed E-state index contributed by atoms with van der Waals surface area (Å²) in [7, 11) is -6.95. The Morgan fingerprint density at radius 3 is 2.00 bits per heavy atom. The monoisotopic (exact) mass is 468 g/mol. The SMILES string of the molecule is CCC(CC)NS(=O)(=O)c1ccc(NCc2ccc(CS(=O)(=O)NC(C)C)cc2)nc1. The van der Waals surface area contributed by atoms with Crippen LogP contribution in [0.1, 0.15) is 51.7 Å². The minimum atomic E-state index is -3.59. The van der Waals surface area contributed by atoms with E-state index in [0.29, 0.717) is 17.9 Å². The van der Waals surface area contributed by atoms with Crippen LogP contribution in [0.3, 0.4) is 0 Å². The molecule has 2 rings (SSSR count). The molecule has 2 aromatic rings. The van der Waals surface area contributed by atoms with Crippen LogP contribution in [0.15, 0.2) is 47.5 Å². The number of rotatable bonds is 12. The molecular formula is C21H32N4O4S2. The van der Waals surface area contributed by atoms with E-state index in [0.717, 1.165) is 18.4 Å². The highest BCUT2D eigenvalue weighted by Crippen LogP contribution is 2.14. The number of hydrogen-bond acceptors (Lipinski definition) is 6. The van der Waals surface area contributed by atoms with E-state index in [9.17, 15) is 16.8 Å². The van der Waals surface area contributed by atoms with Gasteiger partial charge in [-0.15, -0.1) is 0 Å².